The molecule has 136 valence electrons. The van der Waals surface area contributed by atoms with Gasteiger partial charge < -0.3 is 10.1 Å². The molecule has 2 amide bonds. The minimum Gasteiger partial charge on any atom is -0.410 e. The quantitative estimate of drug-likeness (QED) is 0.669. The van der Waals surface area contributed by atoms with Gasteiger partial charge in [-0.2, -0.15) is 0 Å². The van der Waals surface area contributed by atoms with Gasteiger partial charge in [0.1, 0.15) is 10.9 Å². The first-order chi connectivity index (χ1) is 13.0. The van der Waals surface area contributed by atoms with Crippen LogP contribution in [-0.4, -0.2) is 24.0 Å². The number of aromatic nitrogens is 1. The van der Waals surface area contributed by atoms with Crippen molar-refractivity contribution in [3.05, 3.63) is 83.6 Å². The van der Waals surface area contributed by atoms with E-state index in [-0.39, 0.29) is 5.91 Å². The van der Waals surface area contributed by atoms with Crippen LogP contribution < -0.4 is 15.0 Å². The molecule has 6 nitrogen and oxygen atoms in total. The van der Waals surface area contributed by atoms with Gasteiger partial charge in [-0.1, -0.05) is 29.8 Å². The molecular weight excluding hydrogens is 366 g/mol. The predicted octanol–water partition coefficient (Wildman–Crippen LogP) is 4.62. The summed E-state index contributed by atoms with van der Waals surface area (Å²) >= 11 is 5.71. The molecule has 0 unspecified atom stereocenters. The molecule has 1 aromatic heterocycles. The number of anilines is 2. The highest BCUT2D eigenvalue weighted by molar-refractivity contribution is 6.29. The van der Waals surface area contributed by atoms with Crippen molar-refractivity contribution < 1.29 is 14.3 Å². The monoisotopic (exact) mass is 381 g/mol. The van der Waals surface area contributed by atoms with Gasteiger partial charge in [-0.3, -0.25) is 9.69 Å². The summed E-state index contributed by atoms with van der Waals surface area (Å²) in [5.74, 6) is 0.0571. The van der Waals surface area contributed by atoms with Crippen LogP contribution in [0.3, 0.4) is 0 Å². The van der Waals surface area contributed by atoms with Gasteiger partial charge in [0.05, 0.1) is 5.56 Å². The molecule has 0 saturated carbocycles. The smallest absolute Gasteiger partial charge is 0.410 e. The second kappa shape index (κ2) is 8.33. The first-order valence-corrected chi connectivity index (χ1v) is 8.44. The summed E-state index contributed by atoms with van der Waals surface area (Å²) in [6.45, 7) is 0. The minimum atomic E-state index is -0.509. The highest BCUT2D eigenvalue weighted by atomic mass is 35.5. The summed E-state index contributed by atoms with van der Waals surface area (Å²) in [5.41, 5.74) is 1.67. The standard InChI is InChI=1S/C20H16ClN3O3/c1-24(16-5-3-2-4-6-16)20(26)27-17-10-8-15(9-11-17)23-19(25)14-7-12-18(21)22-13-14/h2-13H,1H3,(H,23,25). The fraction of sp³-hybridized carbons (Fsp3) is 0.0500. The molecule has 0 atom stereocenters. The van der Waals surface area contributed by atoms with E-state index in [9.17, 15) is 9.59 Å². The van der Waals surface area contributed by atoms with Crippen molar-refractivity contribution in [2.45, 2.75) is 0 Å². The van der Waals surface area contributed by atoms with Gasteiger partial charge in [-0.05, 0) is 48.5 Å². The first-order valence-electron chi connectivity index (χ1n) is 8.06. The Morgan fingerprint density at radius 2 is 1.70 bits per heavy atom. The number of rotatable bonds is 4. The molecule has 3 rings (SSSR count). The number of hydrogen-bond acceptors (Lipinski definition) is 4. The van der Waals surface area contributed by atoms with Crippen molar-refractivity contribution in [1.82, 2.24) is 4.98 Å². The van der Waals surface area contributed by atoms with E-state index >= 15 is 0 Å². The number of hydrogen-bond donors (Lipinski definition) is 1. The van der Waals surface area contributed by atoms with Gasteiger partial charge in [-0.25, -0.2) is 9.78 Å². The van der Waals surface area contributed by atoms with Crippen LogP contribution in [0.5, 0.6) is 5.75 Å². The Kier molecular flexibility index (Phi) is 5.68. The van der Waals surface area contributed by atoms with E-state index in [1.54, 1.807) is 43.4 Å². The van der Waals surface area contributed by atoms with Crippen LogP contribution >= 0.6 is 11.6 Å². The Balaban J connectivity index is 1.60. The number of pyridine rings is 1. The third-order valence-corrected chi connectivity index (χ3v) is 3.95. The van der Waals surface area contributed by atoms with E-state index in [1.807, 2.05) is 30.3 Å². The largest absolute Gasteiger partial charge is 0.419 e. The molecule has 0 bridgehead atoms. The van der Waals surface area contributed by atoms with Crippen molar-refractivity contribution in [2.24, 2.45) is 0 Å². The van der Waals surface area contributed by atoms with Crippen LogP contribution in [-0.2, 0) is 0 Å². The van der Waals surface area contributed by atoms with Gasteiger partial charge in [-0.15, -0.1) is 0 Å². The summed E-state index contributed by atoms with van der Waals surface area (Å²) < 4.78 is 5.34. The minimum absolute atomic E-state index is 0.312. The summed E-state index contributed by atoms with van der Waals surface area (Å²) in [6.07, 6.45) is 0.887. The Bertz CT molecular complexity index is 929. The lowest BCUT2D eigenvalue weighted by Crippen LogP contribution is -2.29. The van der Waals surface area contributed by atoms with Crippen LogP contribution in [0.15, 0.2) is 72.9 Å². The lowest BCUT2D eigenvalue weighted by molar-refractivity contribution is 0.102. The second-order valence-corrected chi connectivity index (χ2v) is 6.00. The number of nitrogens with one attached hydrogen (secondary N) is 1. The van der Waals surface area contributed by atoms with Crippen LogP contribution in [0.2, 0.25) is 5.15 Å². The number of halogens is 1. The molecule has 27 heavy (non-hydrogen) atoms. The summed E-state index contributed by atoms with van der Waals surface area (Å²) in [7, 11) is 1.63. The average molecular weight is 382 g/mol. The summed E-state index contributed by atoms with van der Waals surface area (Å²) in [5, 5.41) is 3.05. The molecule has 0 spiro atoms. The van der Waals surface area contributed by atoms with E-state index in [2.05, 4.69) is 10.3 Å². The number of carbonyl (C=O) groups is 2. The normalized spacial score (nSPS) is 10.1. The number of benzene rings is 2. The van der Waals surface area contributed by atoms with Crippen molar-refractivity contribution in [1.29, 1.82) is 0 Å². The molecule has 0 aliphatic heterocycles. The zero-order valence-electron chi connectivity index (χ0n) is 14.4. The Labute approximate surface area is 161 Å². The maximum absolute atomic E-state index is 12.2. The zero-order chi connectivity index (χ0) is 19.2. The van der Waals surface area contributed by atoms with Gasteiger partial charge in [0.15, 0.2) is 0 Å². The molecule has 0 fully saturated rings. The molecule has 2 aromatic carbocycles. The summed E-state index contributed by atoms with van der Waals surface area (Å²) in [4.78, 5) is 29.6. The molecule has 0 radical (unpaired) electrons. The third kappa shape index (κ3) is 4.83. The number of nitrogens with zero attached hydrogens (tertiary/aromatic N) is 2. The summed E-state index contributed by atoms with van der Waals surface area (Å²) in [6, 6.07) is 18.8. The maximum Gasteiger partial charge on any atom is 0.419 e. The van der Waals surface area contributed by atoms with Crippen LogP contribution in [0, 0.1) is 0 Å². The van der Waals surface area contributed by atoms with Gasteiger partial charge >= 0.3 is 6.09 Å². The number of para-hydroxylation sites is 1. The maximum atomic E-state index is 12.2. The topological polar surface area (TPSA) is 71.5 Å². The predicted molar refractivity (Wildman–Crippen MR) is 105 cm³/mol. The molecule has 0 saturated heterocycles. The van der Waals surface area contributed by atoms with Gasteiger partial charge in [0.25, 0.3) is 5.91 Å². The molecule has 1 N–H and O–H groups in total. The number of carbonyl (C=O) groups excluding carboxylic acids is 2. The average Bonchev–Trinajstić information content (AvgIpc) is 2.70. The first kappa shape index (κ1) is 18.4. The van der Waals surface area contributed by atoms with Crippen molar-refractivity contribution in [3.8, 4) is 5.75 Å². The van der Waals surface area contributed by atoms with Crippen LogP contribution in [0.1, 0.15) is 10.4 Å². The molecule has 0 aliphatic carbocycles. The highest BCUT2D eigenvalue weighted by Gasteiger charge is 2.13. The van der Waals surface area contributed by atoms with Crippen molar-refractivity contribution in [3.63, 3.8) is 0 Å². The van der Waals surface area contributed by atoms with E-state index in [4.69, 9.17) is 16.3 Å². The fourth-order valence-electron chi connectivity index (χ4n) is 2.25. The number of ether oxygens (including phenoxy) is 1. The Morgan fingerprint density at radius 1 is 1.00 bits per heavy atom. The zero-order valence-corrected chi connectivity index (χ0v) is 15.2. The lowest BCUT2D eigenvalue weighted by atomic mass is 10.2. The Hall–Kier alpha value is -3.38. The lowest BCUT2D eigenvalue weighted by Gasteiger charge is -2.16. The molecule has 3 aromatic rings. The highest BCUT2D eigenvalue weighted by Crippen LogP contribution is 2.19. The van der Waals surface area contributed by atoms with E-state index in [0.29, 0.717) is 22.2 Å². The van der Waals surface area contributed by atoms with Crippen molar-refractivity contribution >= 4 is 35.0 Å². The van der Waals surface area contributed by atoms with Gasteiger partial charge in [0.2, 0.25) is 0 Å². The van der Waals surface area contributed by atoms with E-state index in [0.717, 1.165) is 5.69 Å². The van der Waals surface area contributed by atoms with Gasteiger partial charge in [0, 0.05) is 24.6 Å². The molecule has 1 heterocycles. The second-order valence-electron chi connectivity index (χ2n) is 5.61. The molecule has 0 aliphatic rings. The van der Waals surface area contributed by atoms with Crippen LogP contribution in [0.25, 0.3) is 0 Å². The third-order valence-electron chi connectivity index (χ3n) is 3.72. The SMILES string of the molecule is CN(C(=O)Oc1ccc(NC(=O)c2ccc(Cl)nc2)cc1)c1ccccc1. The fourth-order valence-corrected chi connectivity index (χ4v) is 2.36. The van der Waals surface area contributed by atoms with Crippen LogP contribution in [0.4, 0.5) is 16.2 Å². The van der Waals surface area contributed by atoms with Crippen molar-refractivity contribution in [2.75, 3.05) is 17.3 Å². The van der Waals surface area contributed by atoms with E-state index < -0.39 is 6.09 Å². The molecular formula is C20H16ClN3O3. The molecule has 7 heteroatoms. The Morgan fingerprint density at radius 3 is 2.33 bits per heavy atom. The van der Waals surface area contributed by atoms with E-state index in [1.165, 1.54) is 11.1 Å². The number of amides is 2.